The van der Waals surface area contributed by atoms with Crippen LogP contribution in [0.15, 0.2) is 24.3 Å². The monoisotopic (exact) mass is 180 g/mol. The number of hydrogen-bond donors (Lipinski definition) is 1. The van der Waals surface area contributed by atoms with Gasteiger partial charge in [-0.15, -0.1) is 0 Å². The molecular weight excluding hydrogens is 172 g/mol. The maximum absolute atomic E-state index is 10.4. The smallest absolute Gasteiger partial charge is 0.371 e. The van der Waals surface area contributed by atoms with Crippen LogP contribution in [-0.2, 0) is 0 Å². The summed E-state index contributed by atoms with van der Waals surface area (Å²) in [5.74, 6) is 0.537. The van der Waals surface area contributed by atoms with Crippen molar-refractivity contribution in [3.63, 3.8) is 0 Å². The fraction of sp³-hybridized carbons (Fsp3) is 0.250. The zero-order valence-electron chi connectivity index (χ0n) is 6.77. The first kappa shape index (κ1) is 7.85. The lowest BCUT2D eigenvalue weighted by atomic mass is 10.2. The summed E-state index contributed by atoms with van der Waals surface area (Å²) in [6.07, 6.45) is -0.977. The van der Waals surface area contributed by atoms with E-state index in [1.54, 1.807) is 12.1 Å². The summed E-state index contributed by atoms with van der Waals surface area (Å²) in [5, 5.41) is 13.3. The van der Waals surface area contributed by atoms with Crippen molar-refractivity contribution < 1.29 is 9.66 Å². The standard InChI is InChI=1S/C8H8N2O3/c11-10(12)8-5-9-6-3-1-2-4-7(6)13-8/h1-4,8-9H,5H2. The molecule has 0 radical (unpaired) electrons. The molecule has 1 aliphatic heterocycles. The summed E-state index contributed by atoms with van der Waals surface area (Å²) in [6, 6.07) is 7.16. The van der Waals surface area contributed by atoms with Gasteiger partial charge in [0.1, 0.15) is 12.3 Å². The SMILES string of the molecule is O=[N+]([O-])C1CNc2ccccc2O1. The maximum Gasteiger partial charge on any atom is 0.371 e. The molecule has 5 heteroatoms. The van der Waals surface area contributed by atoms with Crippen LogP contribution in [0.3, 0.4) is 0 Å². The molecule has 1 heterocycles. The van der Waals surface area contributed by atoms with Crippen molar-refractivity contribution in [3.8, 4) is 5.75 Å². The predicted molar refractivity (Wildman–Crippen MR) is 46.3 cm³/mol. The first-order valence-electron chi connectivity index (χ1n) is 3.90. The van der Waals surface area contributed by atoms with Crippen LogP contribution < -0.4 is 10.1 Å². The lowest BCUT2D eigenvalue weighted by Crippen LogP contribution is -2.37. The van der Waals surface area contributed by atoms with E-state index in [2.05, 4.69) is 5.32 Å². The van der Waals surface area contributed by atoms with Gasteiger partial charge in [-0.3, -0.25) is 10.1 Å². The third-order valence-electron chi connectivity index (χ3n) is 1.85. The summed E-state index contributed by atoms with van der Waals surface area (Å²) in [6.45, 7) is 0.212. The molecule has 0 aromatic heterocycles. The van der Waals surface area contributed by atoms with Crippen molar-refractivity contribution in [2.24, 2.45) is 0 Å². The van der Waals surface area contributed by atoms with Crippen LogP contribution in [-0.4, -0.2) is 17.7 Å². The van der Waals surface area contributed by atoms with Crippen molar-refractivity contribution in [3.05, 3.63) is 34.4 Å². The Labute approximate surface area is 74.5 Å². The van der Waals surface area contributed by atoms with Crippen LogP contribution in [0.25, 0.3) is 0 Å². The summed E-state index contributed by atoms with van der Waals surface area (Å²) >= 11 is 0. The molecule has 0 spiro atoms. The Morgan fingerprint density at radius 3 is 3.08 bits per heavy atom. The molecule has 13 heavy (non-hydrogen) atoms. The van der Waals surface area contributed by atoms with Gasteiger partial charge in [0.25, 0.3) is 0 Å². The third-order valence-corrected chi connectivity index (χ3v) is 1.85. The summed E-state index contributed by atoms with van der Waals surface area (Å²) in [4.78, 5) is 9.96. The first-order valence-corrected chi connectivity index (χ1v) is 3.90. The number of rotatable bonds is 1. The number of nitro groups is 1. The van der Waals surface area contributed by atoms with E-state index in [1.807, 2.05) is 12.1 Å². The molecular formula is C8H8N2O3. The highest BCUT2D eigenvalue weighted by Gasteiger charge is 2.27. The Balaban J connectivity index is 2.24. The lowest BCUT2D eigenvalue weighted by molar-refractivity contribution is -0.559. The van der Waals surface area contributed by atoms with Crippen molar-refractivity contribution in [2.75, 3.05) is 11.9 Å². The van der Waals surface area contributed by atoms with Gasteiger partial charge in [-0.25, -0.2) is 0 Å². The minimum absolute atomic E-state index is 0.212. The van der Waals surface area contributed by atoms with Gasteiger partial charge in [0.2, 0.25) is 0 Å². The zero-order chi connectivity index (χ0) is 9.26. The van der Waals surface area contributed by atoms with E-state index < -0.39 is 11.2 Å². The molecule has 0 saturated carbocycles. The van der Waals surface area contributed by atoms with Crippen molar-refractivity contribution in [1.82, 2.24) is 0 Å². The van der Waals surface area contributed by atoms with Crippen LogP contribution in [0, 0.1) is 10.1 Å². The molecule has 0 fully saturated rings. The average molecular weight is 180 g/mol. The highest BCUT2D eigenvalue weighted by Crippen LogP contribution is 2.27. The predicted octanol–water partition coefficient (Wildman–Crippen LogP) is 1.09. The van der Waals surface area contributed by atoms with Gasteiger partial charge in [0, 0.05) is 0 Å². The van der Waals surface area contributed by atoms with Gasteiger partial charge in [0.05, 0.1) is 10.6 Å². The summed E-state index contributed by atoms with van der Waals surface area (Å²) in [5.41, 5.74) is 0.806. The van der Waals surface area contributed by atoms with Crippen LogP contribution in [0.2, 0.25) is 0 Å². The highest BCUT2D eigenvalue weighted by molar-refractivity contribution is 5.57. The topological polar surface area (TPSA) is 64.4 Å². The molecule has 1 unspecified atom stereocenters. The third kappa shape index (κ3) is 1.40. The molecule has 1 aliphatic rings. The van der Waals surface area contributed by atoms with Crippen LogP contribution >= 0.6 is 0 Å². The second-order valence-corrected chi connectivity index (χ2v) is 2.73. The minimum atomic E-state index is -0.977. The van der Waals surface area contributed by atoms with Gasteiger partial charge in [-0.1, -0.05) is 12.1 Å². The molecule has 1 N–H and O–H groups in total. The number of benzene rings is 1. The fourth-order valence-electron chi connectivity index (χ4n) is 1.22. The van der Waals surface area contributed by atoms with Crippen molar-refractivity contribution in [2.45, 2.75) is 6.23 Å². The number of para-hydroxylation sites is 2. The first-order chi connectivity index (χ1) is 6.27. The molecule has 1 atom stereocenters. The molecule has 0 amide bonds. The van der Waals surface area contributed by atoms with Crippen LogP contribution in [0.1, 0.15) is 0 Å². The molecule has 0 bridgehead atoms. The van der Waals surface area contributed by atoms with E-state index in [1.165, 1.54) is 0 Å². The van der Waals surface area contributed by atoms with Gasteiger partial charge < -0.3 is 10.1 Å². The molecule has 2 rings (SSSR count). The number of anilines is 1. The van der Waals surface area contributed by atoms with Crippen molar-refractivity contribution in [1.29, 1.82) is 0 Å². The molecule has 1 aromatic rings. The lowest BCUT2D eigenvalue weighted by Gasteiger charge is -2.21. The van der Waals surface area contributed by atoms with E-state index in [4.69, 9.17) is 4.74 Å². The van der Waals surface area contributed by atoms with E-state index in [-0.39, 0.29) is 6.54 Å². The van der Waals surface area contributed by atoms with Crippen LogP contribution in [0.4, 0.5) is 5.69 Å². The molecule has 5 nitrogen and oxygen atoms in total. The fourth-order valence-corrected chi connectivity index (χ4v) is 1.22. The average Bonchev–Trinajstić information content (AvgIpc) is 2.17. The zero-order valence-corrected chi connectivity index (χ0v) is 6.77. The highest BCUT2D eigenvalue weighted by atomic mass is 16.7. The quantitative estimate of drug-likeness (QED) is 0.519. The second-order valence-electron chi connectivity index (χ2n) is 2.73. The molecule has 0 aliphatic carbocycles. The number of fused-ring (bicyclic) bond motifs is 1. The Hall–Kier alpha value is -1.78. The number of hydrogen-bond acceptors (Lipinski definition) is 4. The van der Waals surface area contributed by atoms with Crippen molar-refractivity contribution >= 4 is 5.69 Å². The summed E-state index contributed by atoms with van der Waals surface area (Å²) < 4.78 is 5.13. The number of ether oxygens (including phenoxy) is 1. The number of nitrogens with one attached hydrogen (secondary N) is 1. The normalized spacial score (nSPS) is 19.5. The van der Waals surface area contributed by atoms with Gasteiger partial charge in [-0.05, 0) is 12.1 Å². The van der Waals surface area contributed by atoms with Crippen LogP contribution in [0.5, 0.6) is 5.75 Å². The Bertz CT molecular complexity index is 340. The largest absolute Gasteiger partial charge is 0.426 e. The minimum Gasteiger partial charge on any atom is -0.426 e. The Morgan fingerprint density at radius 1 is 1.54 bits per heavy atom. The maximum atomic E-state index is 10.4. The Kier molecular flexibility index (Phi) is 1.77. The van der Waals surface area contributed by atoms with E-state index >= 15 is 0 Å². The van der Waals surface area contributed by atoms with E-state index in [0.29, 0.717) is 5.75 Å². The van der Waals surface area contributed by atoms with E-state index in [0.717, 1.165) is 5.69 Å². The second kappa shape index (κ2) is 2.93. The Morgan fingerprint density at radius 2 is 2.31 bits per heavy atom. The van der Waals surface area contributed by atoms with Gasteiger partial charge in [0.15, 0.2) is 0 Å². The molecule has 0 saturated heterocycles. The number of nitrogens with zero attached hydrogens (tertiary/aromatic N) is 1. The van der Waals surface area contributed by atoms with Gasteiger partial charge >= 0.3 is 6.23 Å². The summed E-state index contributed by atoms with van der Waals surface area (Å²) in [7, 11) is 0. The molecule has 1 aromatic carbocycles. The van der Waals surface area contributed by atoms with Gasteiger partial charge in [-0.2, -0.15) is 0 Å². The van der Waals surface area contributed by atoms with E-state index in [9.17, 15) is 10.1 Å². The molecule has 68 valence electrons.